The fourth-order valence-corrected chi connectivity index (χ4v) is 5.10. The van der Waals surface area contributed by atoms with E-state index >= 15 is 0 Å². The van der Waals surface area contributed by atoms with Crippen LogP contribution >= 0.6 is 23.2 Å². The lowest BCUT2D eigenvalue weighted by molar-refractivity contribution is -0.131. The standard InChI is InChI=1S/C30H34Cl2N4O2/c1-21(37)33-25-12-10-23(11-13-25)22-6-8-24(9-7-22)29(19-36-16-4-5-17-36)35(3)30(38)20-34(2)26-14-15-27(31)28(32)18-26/h6-15,18,29H,4-5,16-17,19-20H2,1-3H3,(H,33,37). The molecule has 2 amide bonds. The fraction of sp³-hybridized carbons (Fsp3) is 0.333. The molecule has 0 aromatic heterocycles. The van der Waals surface area contributed by atoms with Crippen LogP contribution in [0.25, 0.3) is 11.1 Å². The third-order valence-electron chi connectivity index (χ3n) is 7.04. The summed E-state index contributed by atoms with van der Waals surface area (Å²) in [6.07, 6.45) is 2.38. The van der Waals surface area contributed by atoms with Crippen LogP contribution in [0, 0.1) is 0 Å². The Bertz CT molecular complexity index is 1260. The second-order valence-corrected chi connectivity index (χ2v) is 10.7. The third-order valence-corrected chi connectivity index (χ3v) is 7.78. The number of halogens is 2. The van der Waals surface area contributed by atoms with Gasteiger partial charge in [0, 0.05) is 38.9 Å². The fourth-order valence-electron chi connectivity index (χ4n) is 4.81. The average Bonchev–Trinajstić information content (AvgIpc) is 3.42. The zero-order chi connectivity index (χ0) is 27.2. The van der Waals surface area contributed by atoms with E-state index in [0.717, 1.165) is 47.7 Å². The number of likely N-dealkylation sites (N-methyl/N-ethyl adjacent to an activating group) is 2. The Hall–Kier alpha value is -3.06. The molecule has 1 unspecified atom stereocenters. The van der Waals surface area contributed by atoms with Crippen LogP contribution in [0.15, 0.2) is 66.7 Å². The highest BCUT2D eigenvalue weighted by atomic mass is 35.5. The molecular formula is C30H34Cl2N4O2. The molecule has 1 N–H and O–H groups in total. The van der Waals surface area contributed by atoms with Gasteiger partial charge in [0.2, 0.25) is 11.8 Å². The van der Waals surface area contributed by atoms with Crippen LogP contribution in [0.2, 0.25) is 10.0 Å². The van der Waals surface area contributed by atoms with Gasteiger partial charge in [-0.3, -0.25) is 9.59 Å². The van der Waals surface area contributed by atoms with E-state index in [-0.39, 0.29) is 24.4 Å². The van der Waals surface area contributed by atoms with Crippen molar-refractivity contribution in [1.82, 2.24) is 9.80 Å². The Morgan fingerprint density at radius 3 is 2.08 bits per heavy atom. The lowest BCUT2D eigenvalue weighted by atomic mass is 9.99. The smallest absolute Gasteiger partial charge is 0.242 e. The summed E-state index contributed by atoms with van der Waals surface area (Å²) in [5.41, 5.74) is 4.86. The molecule has 0 spiro atoms. The summed E-state index contributed by atoms with van der Waals surface area (Å²) >= 11 is 12.3. The molecule has 0 bridgehead atoms. The van der Waals surface area contributed by atoms with E-state index in [1.165, 1.54) is 19.8 Å². The largest absolute Gasteiger partial charge is 0.365 e. The first-order valence-corrected chi connectivity index (χ1v) is 13.6. The van der Waals surface area contributed by atoms with Crippen LogP contribution in [0.1, 0.15) is 31.4 Å². The minimum atomic E-state index is -0.0898. The number of likely N-dealkylation sites (tertiary alicyclic amines) is 1. The van der Waals surface area contributed by atoms with E-state index in [0.29, 0.717) is 10.0 Å². The van der Waals surface area contributed by atoms with Crippen molar-refractivity contribution in [1.29, 1.82) is 0 Å². The van der Waals surface area contributed by atoms with Crippen LogP contribution in [0.4, 0.5) is 11.4 Å². The van der Waals surface area contributed by atoms with E-state index in [1.54, 1.807) is 12.1 Å². The molecule has 0 aliphatic carbocycles. The molecule has 8 heteroatoms. The maximum atomic E-state index is 13.4. The van der Waals surface area contributed by atoms with Gasteiger partial charge >= 0.3 is 0 Å². The highest BCUT2D eigenvalue weighted by molar-refractivity contribution is 6.42. The maximum absolute atomic E-state index is 13.4. The van der Waals surface area contributed by atoms with Crippen LogP contribution in [0.3, 0.4) is 0 Å². The molecule has 0 saturated carbocycles. The Morgan fingerprint density at radius 1 is 0.895 bits per heavy atom. The van der Waals surface area contributed by atoms with E-state index in [4.69, 9.17) is 23.2 Å². The normalized spacial score (nSPS) is 14.2. The number of amides is 2. The van der Waals surface area contributed by atoms with Crippen molar-refractivity contribution in [2.45, 2.75) is 25.8 Å². The van der Waals surface area contributed by atoms with E-state index in [1.807, 2.05) is 54.2 Å². The Morgan fingerprint density at radius 2 is 1.50 bits per heavy atom. The SMILES string of the molecule is CC(=O)Nc1ccc(-c2ccc(C(CN3CCCC3)N(C)C(=O)CN(C)c3ccc(Cl)c(Cl)c3)cc2)cc1. The summed E-state index contributed by atoms with van der Waals surface area (Å²) in [4.78, 5) is 30.9. The van der Waals surface area contributed by atoms with Gasteiger partial charge in [-0.1, -0.05) is 59.6 Å². The first kappa shape index (κ1) is 28.0. The lowest BCUT2D eigenvalue weighted by Crippen LogP contribution is -2.42. The maximum Gasteiger partial charge on any atom is 0.242 e. The highest BCUT2D eigenvalue weighted by Crippen LogP contribution is 2.29. The molecule has 1 heterocycles. The zero-order valence-corrected chi connectivity index (χ0v) is 23.6. The Balaban J connectivity index is 1.51. The number of benzene rings is 3. The van der Waals surface area contributed by atoms with Crippen molar-refractivity contribution in [2.75, 3.05) is 50.5 Å². The quantitative estimate of drug-likeness (QED) is 0.336. The predicted octanol–water partition coefficient (Wildman–Crippen LogP) is 6.35. The second kappa shape index (κ2) is 12.7. The molecule has 1 atom stereocenters. The predicted molar refractivity (Wildman–Crippen MR) is 157 cm³/mol. The molecular weight excluding hydrogens is 519 g/mol. The summed E-state index contributed by atoms with van der Waals surface area (Å²) in [6, 6.07) is 21.5. The number of carbonyl (C=O) groups excluding carboxylic acids is 2. The highest BCUT2D eigenvalue weighted by Gasteiger charge is 2.26. The van der Waals surface area contributed by atoms with Gasteiger partial charge in [-0.2, -0.15) is 0 Å². The molecule has 4 rings (SSSR count). The van der Waals surface area contributed by atoms with Gasteiger partial charge in [0.1, 0.15) is 0 Å². The van der Waals surface area contributed by atoms with Crippen molar-refractivity contribution in [3.63, 3.8) is 0 Å². The Labute approximate surface area is 235 Å². The molecule has 1 saturated heterocycles. The summed E-state index contributed by atoms with van der Waals surface area (Å²) in [6.45, 7) is 4.63. The second-order valence-electron chi connectivity index (χ2n) is 9.86. The van der Waals surface area contributed by atoms with Crippen LogP contribution in [-0.4, -0.2) is 61.9 Å². The van der Waals surface area contributed by atoms with Gasteiger partial charge in [0.25, 0.3) is 0 Å². The summed E-state index contributed by atoms with van der Waals surface area (Å²) in [5.74, 6) is -0.0617. The number of nitrogens with one attached hydrogen (secondary N) is 1. The number of hydrogen-bond donors (Lipinski definition) is 1. The zero-order valence-electron chi connectivity index (χ0n) is 22.1. The molecule has 1 aliphatic heterocycles. The first-order valence-electron chi connectivity index (χ1n) is 12.8. The number of hydrogen-bond acceptors (Lipinski definition) is 4. The molecule has 3 aromatic carbocycles. The van der Waals surface area contributed by atoms with Crippen LogP contribution in [-0.2, 0) is 9.59 Å². The topological polar surface area (TPSA) is 55.9 Å². The van der Waals surface area contributed by atoms with Gasteiger partial charge in [-0.05, 0) is 73.0 Å². The number of rotatable bonds is 9. The van der Waals surface area contributed by atoms with Gasteiger partial charge in [0.15, 0.2) is 0 Å². The molecule has 200 valence electrons. The van der Waals surface area contributed by atoms with E-state index in [9.17, 15) is 9.59 Å². The summed E-state index contributed by atoms with van der Waals surface area (Å²) in [7, 11) is 3.77. The third kappa shape index (κ3) is 7.07. The molecule has 3 aromatic rings. The number of nitrogens with zero attached hydrogens (tertiary/aromatic N) is 3. The lowest BCUT2D eigenvalue weighted by Gasteiger charge is -2.33. The number of anilines is 2. The van der Waals surface area contributed by atoms with Crippen molar-refractivity contribution in [3.8, 4) is 11.1 Å². The van der Waals surface area contributed by atoms with Crippen molar-refractivity contribution < 1.29 is 9.59 Å². The number of carbonyl (C=O) groups is 2. The van der Waals surface area contributed by atoms with Gasteiger partial charge in [-0.25, -0.2) is 0 Å². The minimum absolute atomic E-state index is 0.0282. The van der Waals surface area contributed by atoms with Gasteiger partial charge in [-0.15, -0.1) is 0 Å². The summed E-state index contributed by atoms with van der Waals surface area (Å²) in [5, 5.41) is 3.75. The van der Waals surface area contributed by atoms with E-state index < -0.39 is 0 Å². The molecule has 38 heavy (non-hydrogen) atoms. The average molecular weight is 554 g/mol. The van der Waals surface area contributed by atoms with Crippen LogP contribution in [0.5, 0.6) is 0 Å². The minimum Gasteiger partial charge on any atom is -0.365 e. The monoisotopic (exact) mass is 552 g/mol. The van der Waals surface area contributed by atoms with Crippen molar-refractivity contribution >= 4 is 46.4 Å². The summed E-state index contributed by atoms with van der Waals surface area (Å²) < 4.78 is 0. The van der Waals surface area contributed by atoms with Crippen LogP contribution < -0.4 is 10.2 Å². The van der Waals surface area contributed by atoms with E-state index in [2.05, 4.69) is 34.5 Å². The van der Waals surface area contributed by atoms with Crippen molar-refractivity contribution in [3.05, 3.63) is 82.3 Å². The van der Waals surface area contributed by atoms with Gasteiger partial charge in [0.05, 0.1) is 22.6 Å². The van der Waals surface area contributed by atoms with Gasteiger partial charge < -0.3 is 20.0 Å². The molecule has 1 aliphatic rings. The molecule has 1 fully saturated rings. The first-order chi connectivity index (χ1) is 18.2. The van der Waals surface area contributed by atoms with Crippen molar-refractivity contribution in [2.24, 2.45) is 0 Å². The molecule has 0 radical (unpaired) electrons. The molecule has 6 nitrogen and oxygen atoms in total. The Kier molecular flexibility index (Phi) is 9.31.